The van der Waals surface area contributed by atoms with E-state index in [1.165, 1.54) is 16.9 Å². The normalized spacial score (nSPS) is 13.3. The van der Waals surface area contributed by atoms with E-state index in [0.29, 0.717) is 17.2 Å². The Kier molecular flexibility index (Phi) is 6.96. The molecule has 38 heavy (non-hydrogen) atoms. The molecule has 190 valence electrons. The molecule has 0 radical (unpaired) electrons. The third-order valence-corrected chi connectivity index (χ3v) is 8.09. The van der Waals surface area contributed by atoms with Crippen LogP contribution in [0.15, 0.2) is 77.5 Å². The summed E-state index contributed by atoms with van der Waals surface area (Å²) in [5.41, 5.74) is 5.06. The first-order chi connectivity index (χ1) is 18.6. The summed E-state index contributed by atoms with van der Waals surface area (Å²) in [7, 11) is 0. The van der Waals surface area contributed by atoms with Gasteiger partial charge in [-0.15, -0.1) is 22.7 Å². The lowest BCUT2D eigenvalue weighted by atomic mass is 9.95. The summed E-state index contributed by atoms with van der Waals surface area (Å²) < 4.78 is 5.55. The highest BCUT2D eigenvalue weighted by Gasteiger charge is 2.27. The summed E-state index contributed by atoms with van der Waals surface area (Å²) in [4.78, 5) is 38.7. The van der Waals surface area contributed by atoms with Gasteiger partial charge >= 0.3 is 5.97 Å². The molecule has 7 nitrogen and oxygen atoms in total. The Labute approximate surface area is 227 Å². The average Bonchev–Trinajstić information content (AvgIpc) is 3.64. The minimum absolute atomic E-state index is 0.397. The van der Waals surface area contributed by atoms with E-state index in [2.05, 4.69) is 27.3 Å². The summed E-state index contributed by atoms with van der Waals surface area (Å²) in [5, 5.41) is 7.82. The Balaban J connectivity index is 1.19. The van der Waals surface area contributed by atoms with Gasteiger partial charge in [-0.05, 0) is 23.1 Å². The molecule has 0 atom stereocenters. The molecule has 6 rings (SSSR count). The van der Waals surface area contributed by atoms with Gasteiger partial charge in [-0.1, -0.05) is 54.6 Å². The summed E-state index contributed by atoms with van der Waals surface area (Å²) in [6, 6.07) is 21.8. The maximum atomic E-state index is 13.5. The van der Waals surface area contributed by atoms with Crippen LogP contribution >= 0.6 is 22.7 Å². The maximum absolute atomic E-state index is 13.5. The first-order valence-electron chi connectivity index (χ1n) is 12.3. The zero-order chi connectivity index (χ0) is 25.9. The monoisotopic (exact) mass is 540 g/mol. The van der Waals surface area contributed by atoms with Gasteiger partial charge < -0.3 is 4.74 Å². The number of amides is 1. The van der Waals surface area contributed by atoms with Crippen molar-refractivity contribution in [2.24, 2.45) is 0 Å². The van der Waals surface area contributed by atoms with E-state index in [-0.39, 0.29) is 0 Å². The van der Waals surface area contributed by atoms with Crippen molar-refractivity contribution in [2.75, 3.05) is 18.5 Å². The Morgan fingerprint density at radius 3 is 2.66 bits per heavy atom. The van der Waals surface area contributed by atoms with E-state index in [9.17, 15) is 9.59 Å². The van der Waals surface area contributed by atoms with Crippen molar-refractivity contribution in [3.05, 3.63) is 99.9 Å². The average molecular weight is 541 g/mol. The van der Waals surface area contributed by atoms with Crippen LogP contribution in [0.5, 0.6) is 0 Å². The Morgan fingerprint density at radius 1 is 0.974 bits per heavy atom. The highest BCUT2D eigenvalue weighted by Crippen LogP contribution is 2.30. The molecule has 0 saturated heterocycles. The van der Waals surface area contributed by atoms with Crippen molar-refractivity contribution >= 4 is 50.6 Å². The number of nitrogens with one attached hydrogen (secondary N) is 1. The van der Waals surface area contributed by atoms with Gasteiger partial charge in [-0.3, -0.25) is 20.0 Å². The molecule has 0 fully saturated rings. The van der Waals surface area contributed by atoms with Crippen LogP contribution in [0.4, 0.5) is 5.13 Å². The zero-order valence-electron chi connectivity index (χ0n) is 20.4. The van der Waals surface area contributed by atoms with Gasteiger partial charge in [0.1, 0.15) is 0 Å². The number of fused-ring (bicyclic) bond motifs is 2. The van der Waals surface area contributed by atoms with Crippen molar-refractivity contribution in [3.8, 4) is 10.6 Å². The number of thiophene rings is 1. The number of para-hydroxylation sites is 1. The zero-order valence-corrected chi connectivity index (χ0v) is 22.1. The number of hydrogen-bond donors (Lipinski definition) is 1. The van der Waals surface area contributed by atoms with E-state index < -0.39 is 18.5 Å². The fraction of sp³-hybridized carbons (Fsp3) is 0.172. The molecule has 2 aromatic carbocycles. The maximum Gasteiger partial charge on any atom is 0.339 e. The summed E-state index contributed by atoms with van der Waals surface area (Å²) in [6.45, 7) is 1.83. The summed E-state index contributed by atoms with van der Waals surface area (Å²) in [6.07, 6.45) is 0.740. The van der Waals surface area contributed by atoms with E-state index in [0.717, 1.165) is 52.2 Å². The Morgan fingerprint density at radius 2 is 1.82 bits per heavy atom. The Bertz CT molecular complexity index is 1600. The number of aromatic nitrogens is 2. The van der Waals surface area contributed by atoms with Gasteiger partial charge in [0.25, 0.3) is 5.91 Å². The highest BCUT2D eigenvalue weighted by molar-refractivity contribution is 7.16. The lowest BCUT2D eigenvalue weighted by Crippen LogP contribution is -2.32. The standard InChI is InChI=1S/C29H24N4O3S2/c34-26(32-29-31-24(18-38-29)25-11-6-14-37-25)17-36-28(35)27-20-9-4-5-10-22(20)30-23-12-13-33(16-21(23)27)15-19-7-2-1-3-8-19/h1-11,14,18H,12-13,15-17H2,(H,31,32,34). The molecule has 0 unspecified atom stereocenters. The van der Waals surface area contributed by atoms with Crippen LogP contribution in [0.3, 0.4) is 0 Å². The Hall–Kier alpha value is -3.92. The van der Waals surface area contributed by atoms with Gasteiger partial charge in [-0.25, -0.2) is 9.78 Å². The molecule has 0 bridgehead atoms. The van der Waals surface area contributed by atoms with Crippen LogP contribution in [0, 0.1) is 0 Å². The van der Waals surface area contributed by atoms with Crippen molar-refractivity contribution < 1.29 is 14.3 Å². The van der Waals surface area contributed by atoms with Crippen molar-refractivity contribution in [2.45, 2.75) is 19.5 Å². The fourth-order valence-electron chi connectivity index (χ4n) is 4.68. The molecule has 1 aliphatic rings. The predicted molar refractivity (Wildman–Crippen MR) is 150 cm³/mol. The second-order valence-electron chi connectivity index (χ2n) is 9.01. The molecule has 0 saturated carbocycles. The molecule has 5 aromatic rings. The number of ether oxygens (including phenoxy) is 1. The van der Waals surface area contributed by atoms with Crippen LogP contribution in [0.1, 0.15) is 27.2 Å². The number of nitrogens with zero attached hydrogens (tertiary/aromatic N) is 3. The number of pyridine rings is 1. The molecule has 0 spiro atoms. The van der Waals surface area contributed by atoms with Crippen molar-refractivity contribution in [1.29, 1.82) is 0 Å². The van der Waals surface area contributed by atoms with Gasteiger partial charge in [0.15, 0.2) is 11.7 Å². The van der Waals surface area contributed by atoms with E-state index in [1.807, 2.05) is 65.4 Å². The number of thiazole rings is 1. The SMILES string of the molecule is O=C(COC(=O)c1c2c(nc3ccccc13)CCN(Cc1ccccc1)C2)Nc1nc(-c2cccs2)cs1. The number of anilines is 1. The molecular weight excluding hydrogens is 516 g/mol. The first-order valence-corrected chi connectivity index (χ1v) is 14.0. The molecule has 3 aromatic heterocycles. The van der Waals surface area contributed by atoms with Crippen molar-refractivity contribution in [1.82, 2.24) is 14.9 Å². The first kappa shape index (κ1) is 24.4. The molecule has 0 aliphatic carbocycles. The van der Waals surface area contributed by atoms with Gasteiger partial charge in [-0.2, -0.15) is 0 Å². The van der Waals surface area contributed by atoms with E-state index >= 15 is 0 Å². The number of carbonyl (C=O) groups is 2. The quantitative estimate of drug-likeness (QED) is 0.264. The summed E-state index contributed by atoms with van der Waals surface area (Å²) >= 11 is 2.92. The van der Waals surface area contributed by atoms with Crippen molar-refractivity contribution in [3.63, 3.8) is 0 Å². The number of carbonyl (C=O) groups excluding carboxylic acids is 2. The lowest BCUT2D eigenvalue weighted by molar-refractivity contribution is -0.119. The second-order valence-corrected chi connectivity index (χ2v) is 10.8. The van der Waals surface area contributed by atoms with Crippen LogP contribution in [0.2, 0.25) is 0 Å². The lowest BCUT2D eigenvalue weighted by Gasteiger charge is -2.30. The third kappa shape index (κ3) is 5.22. The van der Waals surface area contributed by atoms with Gasteiger partial charge in [0.05, 0.1) is 21.7 Å². The number of benzene rings is 2. The molecular formula is C29H24N4O3S2. The predicted octanol–water partition coefficient (Wildman–Crippen LogP) is 5.77. The molecule has 4 heterocycles. The minimum atomic E-state index is -0.519. The largest absolute Gasteiger partial charge is 0.452 e. The van der Waals surface area contributed by atoms with Gasteiger partial charge in [0.2, 0.25) is 0 Å². The number of rotatable bonds is 7. The van der Waals surface area contributed by atoms with Crippen LogP contribution in [-0.4, -0.2) is 39.9 Å². The van der Waals surface area contributed by atoms with E-state index in [1.54, 1.807) is 11.3 Å². The van der Waals surface area contributed by atoms with Crippen LogP contribution in [-0.2, 0) is 29.0 Å². The number of esters is 1. The third-order valence-electron chi connectivity index (χ3n) is 6.44. The van der Waals surface area contributed by atoms with Crippen LogP contribution < -0.4 is 5.32 Å². The fourth-order valence-corrected chi connectivity index (χ4v) is 6.17. The molecule has 1 aliphatic heterocycles. The summed E-state index contributed by atoms with van der Waals surface area (Å²) in [5.74, 6) is -0.946. The highest BCUT2D eigenvalue weighted by atomic mass is 32.1. The topological polar surface area (TPSA) is 84.4 Å². The molecule has 1 amide bonds. The second kappa shape index (κ2) is 10.8. The van der Waals surface area contributed by atoms with Crippen LogP contribution in [0.25, 0.3) is 21.5 Å². The minimum Gasteiger partial charge on any atom is -0.452 e. The smallest absolute Gasteiger partial charge is 0.339 e. The molecule has 9 heteroatoms. The molecule has 1 N–H and O–H groups in total. The van der Waals surface area contributed by atoms with E-state index in [4.69, 9.17) is 9.72 Å². The van der Waals surface area contributed by atoms with Gasteiger partial charge in [0, 0.05) is 48.1 Å². The number of hydrogen-bond acceptors (Lipinski definition) is 8.